The lowest BCUT2D eigenvalue weighted by Crippen LogP contribution is -2.55. The normalized spacial score (nSPS) is 19.9. The second-order valence-corrected chi connectivity index (χ2v) is 5.65. The van der Waals surface area contributed by atoms with Gasteiger partial charge in [-0.2, -0.15) is 0 Å². The van der Waals surface area contributed by atoms with Crippen molar-refractivity contribution in [2.75, 3.05) is 6.54 Å². The molecule has 1 unspecified atom stereocenters. The summed E-state index contributed by atoms with van der Waals surface area (Å²) in [5.74, 6) is 1.58. The molecule has 17 heavy (non-hydrogen) atoms. The van der Waals surface area contributed by atoms with Gasteiger partial charge in [0.2, 0.25) is 0 Å². The van der Waals surface area contributed by atoms with Gasteiger partial charge < -0.3 is 10.2 Å². The Morgan fingerprint density at radius 3 is 2.65 bits per heavy atom. The SMILES string of the molecule is CC(C)C(C)(CN)N(Cc1ccco1)C1CC1. The molecule has 1 aliphatic carbocycles. The van der Waals surface area contributed by atoms with E-state index in [0.29, 0.717) is 18.5 Å². The summed E-state index contributed by atoms with van der Waals surface area (Å²) in [6.45, 7) is 8.36. The standard InChI is InChI=1S/C14H24N2O/c1-11(2)14(3,10-15)16(12-6-7-12)9-13-5-4-8-17-13/h4-5,8,11-12H,6-7,9-10,15H2,1-3H3. The zero-order valence-corrected chi connectivity index (χ0v) is 11.1. The van der Waals surface area contributed by atoms with Crippen molar-refractivity contribution in [2.24, 2.45) is 11.7 Å². The molecule has 0 aliphatic heterocycles. The van der Waals surface area contributed by atoms with Gasteiger partial charge >= 0.3 is 0 Å². The molecular formula is C14H24N2O. The number of furan rings is 1. The van der Waals surface area contributed by atoms with Gasteiger partial charge in [0.1, 0.15) is 5.76 Å². The second kappa shape index (κ2) is 4.83. The van der Waals surface area contributed by atoms with Crippen molar-refractivity contribution in [1.82, 2.24) is 4.90 Å². The van der Waals surface area contributed by atoms with E-state index in [2.05, 4.69) is 25.7 Å². The van der Waals surface area contributed by atoms with Crippen LogP contribution in [0.25, 0.3) is 0 Å². The van der Waals surface area contributed by atoms with Gasteiger partial charge in [-0.15, -0.1) is 0 Å². The Labute approximate surface area is 104 Å². The molecule has 1 aromatic rings. The molecule has 0 amide bonds. The maximum Gasteiger partial charge on any atom is 0.117 e. The highest BCUT2D eigenvalue weighted by molar-refractivity contribution is 5.04. The summed E-state index contributed by atoms with van der Waals surface area (Å²) in [5, 5.41) is 0. The maximum atomic E-state index is 6.03. The lowest BCUT2D eigenvalue weighted by Gasteiger charge is -2.44. The van der Waals surface area contributed by atoms with Crippen LogP contribution in [0.4, 0.5) is 0 Å². The van der Waals surface area contributed by atoms with Crippen molar-refractivity contribution in [3.05, 3.63) is 24.2 Å². The van der Waals surface area contributed by atoms with Gasteiger partial charge in [0.05, 0.1) is 12.8 Å². The minimum atomic E-state index is 0.0634. The highest BCUT2D eigenvalue weighted by atomic mass is 16.3. The number of hydrogen-bond donors (Lipinski definition) is 1. The van der Waals surface area contributed by atoms with Gasteiger partial charge in [-0.3, -0.25) is 4.90 Å². The van der Waals surface area contributed by atoms with Gasteiger partial charge in [0.25, 0.3) is 0 Å². The predicted octanol–water partition coefficient (Wildman–Crippen LogP) is 2.62. The van der Waals surface area contributed by atoms with Crippen LogP contribution in [0.3, 0.4) is 0 Å². The topological polar surface area (TPSA) is 42.4 Å². The molecule has 2 rings (SSSR count). The molecule has 1 fully saturated rings. The van der Waals surface area contributed by atoms with Crippen LogP contribution in [0.2, 0.25) is 0 Å². The van der Waals surface area contributed by atoms with E-state index in [1.54, 1.807) is 6.26 Å². The summed E-state index contributed by atoms with van der Waals surface area (Å²) in [6, 6.07) is 4.69. The van der Waals surface area contributed by atoms with Crippen molar-refractivity contribution in [3.63, 3.8) is 0 Å². The van der Waals surface area contributed by atoms with E-state index in [9.17, 15) is 0 Å². The average Bonchev–Trinajstić information content (AvgIpc) is 3.02. The monoisotopic (exact) mass is 236 g/mol. The lowest BCUT2D eigenvalue weighted by molar-refractivity contribution is 0.0449. The third kappa shape index (κ3) is 2.55. The van der Waals surface area contributed by atoms with Crippen molar-refractivity contribution < 1.29 is 4.42 Å². The molecule has 0 saturated heterocycles. The fourth-order valence-corrected chi connectivity index (χ4v) is 2.37. The van der Waals surface area contributed by atoms with Crippen LogP contribution in [0.15, 0.2) is 22.8 Å². The molecule has 1 saturated carbocycles. The van der Waals surface area contributed by atoms with E-state index in [1.807, 2.05) is 12.1 Å². The van der Waals surface area contributed by atoms with Gasteiger partial charge in [0.15, 0.2) is 0 Å². The molecule has 1 aliphatic rings. The Morgan fingerprint density at radius 2 is 2.24 bits per heavy atom. The number of nitrogens with two attached hydrogens (primary N) is 1. The van der Waals surface area contributed by atoms with E-state index in [4.69, 9.17) is 10.2 Å². The number of rotatable bonds is 6. The molecule has 96 valence electrons. The average molecular weight is 236 g/mol. The maximum absolute atomic E-state index is 6.03. The van der Waals surface area contributed by atoms with Gasteiger partial charge in [0, 0.05) is 18.1 Å². The fraction of sp³-hybridized carbons (Fsp3) is 0.714. The highest BCUT2D eigenvalue weighted by Gasteiger charge is 2.42. The lowest BCUT2D eigenvalue weighted by atomic mass is 9.86. The van der Waals surface area contributed by atoms with Crippen molar-refractivity contribution >= 4 is 0 Å². The number of hydrogen-bond acceptors (Lipinski definition) is 3. The Balaban J connectivity index is 2.16. The molecule has 0 aromatic carbocycles. The summed E-state index contributed by atoms with van der Waals surface area (Å²) in [5.41, 5.74) is 6.09. The first kappa shape index (κ1) is 12.7. The molecule has 1 atom stereocenters. The third-order valence-corrected chi connectivity index (χ3v) is 4.21. The second-order valence-electron chi connectivity index (χ2n) is 5.65. The Hall–Kier alpha value is -0.800. The van der Waals surface area contributed by atoms with E-state index in [0.717, 1.165) is 12.3 Å². The quantitative estimate of drug-likeness (QED) is 0.825. The minimum absolute atomic E-state index is 0.0634. The van der Waals surface area contributed by atoms with Crippen molar-refractivity contribution in [3.8, 4) is 0 Å². The molecule has 1 heterocycles. The molecule has 2 N–H and O–H groups in total. The van der Waals surface area contributed by atoms with Crippen LogP contribution in [-0.4, -0.2) is 23.0 Å². The zero-order valence-electron chi connectivity index (χ0n) is 11.1. The Kier molecular flexibility index (Phi) is 3.59. The molecule has 3 heteroatoms. The van der Waals surface area contributed by atoms with Crippen LogP contribution in [-0.2, 0) is 6.54 Å². The van der Waals surface area contributed by atoms with Gasteiger partial charge in [-0.05, 0) is 37.8 Å². The molecule has 1 aromatic heterocycles. The molecular weight excluding hydrogens is 212 g/mol. The first-order valence-corrected chi connectivity index (χ1v) is 6.57. The molecule has 3 nitrogen and oxygen atoms in total. The Bertz CT molecular complexity index is 343. The van der Waals surface area contributed by atoms with Crippen LogP contribution < -0.4 is 5.73 Å². The number of nitrogens with zero attached hydrogens (tertiary/aromatic N) is 1. The van der Waals surface area contributed by atoms with Crippen LogP contribution >= 0.6 is 0 Å². The van der Waals surface area contributed by atoms with Crippen LogP contribution in [0.5, 0.6) is 0 Å². The summed E-state index contributed by atoms with van der Waals surface area (Å²) in [4.78, 5) is 2.54. The summed E-state index contributed by atoms with van der Waals surface area (Å²) < 4.78 is 5.48. The van der Waals surface area contributed by atoms with E-state index in [-0.39, 0.29) is 5.54 Å². The van der Waals surface area contributed by atoms with Crippen LogP contribution in [0, 0.1) is 5.92 Å². The molecule has 0 bridgehead atoms. The largest absolute Gasteiger partial charge is 0.468 e. The third-order valence-electron chi connectivity index (χ3n) is 4.21. The van der Waals surface area contributed by atoms with E-state index in [1.165, 1.54) is 12.8 Å². The first-order chi connectivity index (χ1) is 8.08. The predicted molar refractivity (Wildman–Crippen MR) is 69.6 cm³/mol. The van der Waals surface area contributed by atoms with Crippen molar-refractivity contribution in [1.29, 1.82) is 0 Å². The molecule has 0 spiro atoms. The highest BCUT2D eigenvalue weighted by Crippen LogP contribution is 2.37. The van der Waals surface area contributed by atoms with Crippen molar-refractivity contribution in [2.45, 2.75) is 51.7 Å². The summed E-state index contributed by atoms with van der Waals surface area (Å²) in [7, 11) is 0. The zero-order chi connectivity index (χ0) is 12.5. The smallest absolute Gasteiger partial charge is 0.117 e. The van der Waals surface area contributed by atoms with Gasteiger partial charge in [-0.25, -0.2) is 0 Å². The van der Waals surface area contributed by atoms with Gasteiger partial charge in [-0.1, -0.05) is 13.8 Å². The fourth-order valence-electron chi connectivity index (χ4n) is 2.37. The Morgan fingerprint density at radius 1 is 1.53 bits per heavy atom. The molecule has 0 radical (unpaired) electrons. The van der Waals surface area contributed by atoms with E-state index >= 15 is 0 Å². The first-order valence-electron chi connectivity index (χ1n) is 6.57. The van der Waals surface area contributed by atoms with Crippen LogP contribution in [0.1, 0.15) is 39.4 Å². The summed E-state index contributed by atoms with van der Waals surface area (Å²) in [6.07, 6.45) is 4.33. The minimum Gasteiger partial charge on any atom is -0.468 e. The van der Waals surface area contributed by atoms with E-state index < -0.39 is 0 Å². The summed E-state index contributed by atoms with van der Waals surface area (Å²) >= 11 is 0.